The molecule has 4 rings (SSSR count). The van der Waals surface area contributed by atoms with Crippen molar-refractivity contribution in [2.75, 3.05) is 0 Å². The van der Waals surface area contributed by atoms with Crippen LogP contribution in [0.2, 0.25) is 0 Å². The minimum atomic E-state index is -0.353. The molecule has 0 bridgehead atoms. The molecule has 2 fully saturated rings. The van der Waals surface area contributed by atoms with E-state index in [9.17, 15) is 5.11 Å². The van der Waals surface area contributed by atoms with Gasteiger partial charge in [-0.1, -0.05) is 29.7 Å². The van der Waals surface area contributed by atoms with Gasteiger partial charge in [0.15, 0.2) is 0 Å². The fourth-order valence-electron chi connectivity index (χ4n) is 5.50. The first-order valence-corrected chi connectivity index (χ1v) is 8.43. The quantitative estimate of drug-likeness (QED) is 0.692. The summed E-state index contributed by atoms with van der Waals surface area (Å²) in [5.74, 6) is 1.52. The highest BCUT2D eigenvalue weighted by Gasteiger charge is 2.62. The van der Waals surface area contributed by atoms with E-state index in [0.29, 0.717) is 17.8 Å². The molecule has 4 aliphatic rings. The van der Waals surface area contributed by atoms with Crippen LogP contribution < -0.4 is 0 Å². The van der Waals surface area contributed by atoms with Crippen molar-refractivity contribution in [2.24, 2.45) is 17.8 Å². The minimum Gasteiger partial charge on any atom is -0.388 e. The number of rotatable bonds is 1. The van der Waals surface area contributed by atoms with E-state index in [0.717, 1.165) is 0 Å². The average Bonchev–Trinajstić information content (AvgIpc) is 2.47. The van der Waals surface area contributed by atoms with E-state index in [1.54, 1.807) is 11.1 Å². The van der Waals surface area contributed by atoms with Crippen molar-refractivity contribution < 1.29 is 5.11 Å². The molecule has 0 aromatic heterocycles. The van der Waals surface area contributed by atoms with Crippen LogP contribution in [0, 0.1) is 17.8 Å². The van der Waals surface area contributed by atoms with Crippen molar-refractivity contribution in [1.29, 1.82) is 0 Å². The van der Waals surface area contributed by atoms with Crippen molar-refractivity contribution >= 4 is 0 Å². The number of hydrogen-bond acceptors (Lipinski definition) is 1. The van der Waals surface area contributed by atoms with Gasteiger partial charge in [0.1, 0.15) is 0 Å². The maximum Gasteiger partial charge on any atom is 0.0842 e. The third kappa shape index (κ3) is 1.63. The van der Waals surface area contributed by atoms with Crippen LogP contribution in [0.25, 0.3) is 0 Å². The zero-order chi connectivity index (χ0) is 12.9. The number of aliphatic hydroxyl groups is 1. The van der Waals surface area contributed by atoms with Crippen molar-refractivity contribution in [3.63, 3.8) is 0 Å². The second-order valence-corrected chi connectivity index (χ2v) is 7.14. The summed E-state index contributed by atoms with van der Waals surface area (Å²) in [7, 11) is 0. The van der Waals surface area contributed by atoms with Crippen molar-refractivity contribution in [2.45, 2.75) is 69.8 Å². The van der Waals surface area contributed by atoms with Gasteiger partial charge in [-0.15, -0.1) is 0 Å². The maximum atomic E-state index is 11.5. The molecule has 4 unspecified atom stereocenters. The second kappa shape index (κ2) is 4.48. The highest BCUT2D eigenvalue weighted by molar-refractivity contribution is 5.37. The third-order valence-electron chi connectivity index (χ3n) is 6.32. The summed E-state index contributed by atoms with van der Waals surface area (Å²) in [6, 6.07) is 0. The van der Waals surface area contributed by atoms with E-state index in [4.69, 9.17) is 0 Å². The molecule has 0 aromatic rings. The number of allylic oxidation sites excluding steroid dienone is 2. The van der Waals surface area contributed by atoms with E-state index in [1.807, 2.05) is 0 Å². The van der Waals surface area contributed by atoms with Gasteiger partial charge < -0.3 is 5.11 Å². The largest absolute Gasteiger partial charge is 0.388 e. The molecule has 0 saturated heterocycles. The van der Waals surface area contributed by atoms with Gasteiger partial charge in [0.2, 0.25) is 0 Å². The Balaban J connectivity index is 1.67. The van der Waals surface area contributed by atoms with E-state index in [-0.39, 0.29) is 5.60 Å². The second-order valence-electron chi connectivity index (χ2n) is 7.14. The van der Waals surface area contributed by atoms with Crippen LogP contribution in [0.3, 0.4) is 0 Å². The molecule has 1 N–H and O–H groups in total. The summed E-state index contributed by atoms with van der Waals surface area (Å²) in [6.45, 7) is 0. The zero-order valence-electron chi connectivity index (χ0n) is 11.9. The molecule has 0 spiro atoms. The van der Waals surface area contributed by atoms with Crippen LogP contribution >= 0.6 is 0 Å². The molecule has 0 amide bonds. The summed E-state index contributed by atoms with van der Waals surface area (Å²) in [4.78, 5) is 0. The standard InChI is InChI=1S/C18H26O/c19-18-15(13-7-2-1-3-8-13)11-6-12-17(18)14-9-4-5-10-16(14)18/h7,9,15-17,19H,1-6,8,10-12H2. The Morgan fingerprint density at radius 2 is 1.58 bits per heavy atom. The Morgan fingerprint density at radius 3 is 2.37 bits per heavy atom. The number of fused-ring (bicyclic) bond motifs is 4. The molecular formula is C18H26O. The van der Waals surface area contributed by atoms with E-state index in [2.05, 4.69) is 12.2 Å². The first-order valence-electron chi connectivity index (χ1n) is 8.43. The molecule has 1 heteroatoms. The van der Waals surface area contributed by atoms with Gasteiger partial charge in [-0.05, 0) is 57.8 Å². The van der Waals surface area contributed by atoms with Crippen LogP contribution in [0.5, 0.6) is 0 Å². The molecule has 1 nitrogen and oxygen atoms in total. The molecule has 19 heavy (non-hydrogen) atoms. The Bertz CT molecular complexity index is 433. The molecule has 4 atom stereocenters. The molecule has 0 radical (unpaired) electrons. The van der Waals surface area contributed by atoms with Crippen LogP contribution in [0.4, 0.5) is 0 Å². The third-order valence-corrected chi connectivity index (χ3v) is 6.32. The lowest BCUT2D eigenvalue weighted by Gasteiger charge is -2.63. The normalized spacial score (nSPS) is 45.4. The van der Waals surface area contributed by atoms with Crippen LogP contribution in [0.1, 0.15) is 64.2 Å². The highest BCUT2D eigenvalue weighted by atomic mass is 16.3. The molecule has 0 aliphatic heterocycles. The first-order chi connectivity index (χ1) is 9.32. The van der Waals surface area contributed by atoms with Crippen molar-refractivity contribution in [3.05, 3.63) is 23.3 Å². The Kier molecular flexibility index (Phi) is 2.88. The lowest BCUT2D eigenvalue weighted by molar-refractivity contribution is -0.161. The lowest BCUT2D eigenvalue weighted by Crippen LogP contribution is -2.64. The maximum absolute atomic E-state index is 11.5. The summed E-state index contributed by atoms with van der Waals surface area (Å²) in [5.41, 5.74) is 2.89. The van der Waals surface area contributed by atoms with E-state index < -0.39 is 0 Å². The molecule has 104 valence electrons. The highest BCUT2D eigenvalue weighted by Crippen LogP contribution is 2.63. The summed E-state index contributed by atoms with van der Waals surface area (Å²) < 4.78 is 0. The number of hydrogen-bond donors (Lipinski definition) is 1. The summed E-state index contributed by atoms with van der Waals surface area (Å²) in [6.07, 6.45) is 17.7. The molecule has 0 heterocycles. The predicted octanol–water partition coefficient (Wildman–Crippen LogP) is 4.37. The summed E-state index contributed by atoms with van der Waals surface area (Å²) >= 11 is 0. The van der Waals surface area contributed by atoms with Gasteiger partial charge in [-0.3, -0.25) is 0 Å². The zero-order valence-corrected chi connectivity index (χ0v) is 11.9. The minimum absolute atomic E-state index is 0.353. The average molecular weight is 258 g/mol. The topological polar surface area (TPSA) is 20.2 Å². The fourth-order valence-corrected chi connectivity index (χ4v) is 5.50. The predicted molar refractivity (Wildman–Crippen MR) is 77.8 cm³/mol. The van der Waals surface area contributed by atoms with E-state index >= 15 is 0 Å². The SMILES string of the molecule is OC12C(C3=CCCCC3)CCCC1C1=CCCCC12. The monoisotopic (exact) mass is 258 g/mol. The molecule has 4 aliphatic carbocycles. The lowest BCUT2D eigenvalue weighted by atomic mass is 9.45. The van der Waals surface area contributed by atoms with Gasteiger partial charge in [0, 0.05) is 17.8 Å². The van der Waals surface area contributed by atoms with Gasteiger partial charge in [-0.2, -0.15) is 0 Å². The Morgan fingerprint density at radius 1 is 0.842 bits per heavy atom. The van der Waals surface area contributed by atoms with Gasteiger partial charge in [0.25, 0.3) is 0 Å². The molecular weight excluding hydrogens is 232 g/mol. The fraction of sp³-hybridized carbons (Fsp3) is 0.778. The first kappa shape index (κ1) is 12.2. The van der Waals surface area contributed by atoms with Crippen LogP contribution in [-0.2, 0) is 0 Å². The summed E-state index contributed by atoms with van der Waals surface area (Å²) in [5, 5.41) is 11.5. The Labute approximate surface area is 116 Å². The Hall–Kier alpha value is -0.560. The van der Waals surface area contributed by atoms with Crippen molar-refractivity contribution in [1.82, 2.24) is 0 Å². The molecule has 0 aromatic carbocycles. The van der Waals surface area contributed by atoms with Crippen molar-refractivity contribution in [3.8, 4) is 0 Å². The van der Waals surface area contributed by atoms with Crippen LogP contribution in [0.15, 0.2) is 23.3 Å². The smallest absolute Gasteiger partial charge is 0.0842 e. The van der Waals surface area contributed by atoms with Gasteiger partial charge >= 0.3 is 0 Å². The van der Waals surface area contributed by atoms with Gasteiger partial charge in [-0.25, -0.2) is 0 Å². The molecule has 2 saturated carbocycles. The van der Waals surface area contributed by atoms with Crippen LogP contribution in [-0.4, -0.2) is 10.7 Å². The van der Waals surface area contributed by atoms with Gasteiger partial charge in [0.05, 0.1) is 5.60 Å². The van der Waals surface area contributed by atoms with E-state index in [1.165, 1.54) is 64.2 Å².